The summed E-state index contributed by atoms with van der Waals surface area (Å²) in [6.45, 7) is 7.51. The van der Waals surface area contributed by atoms with Gasteiger partial charge in [0, 0.05) is 26.2 Å². The average molecular weight is 252 g/mol. The Morgan fingerprint density at radius 2 is 2.17 bits per heavy atom. The minimum absolute atomic E-state index is 0.210. The molecule has 0 saturated carbocycles. The number of nitrogens with zero attached hydrogens (tertiary/aromatic N) is 1. The maximum absolute atomic E-state index is 5.91. The molecule has 2 rings (SSSR count). The van der Waals surface area contributed by atoms with Crippen molar-refractivity contribution in [2.45, 2.75) is 38.8 Å². The van der Waals surface area contributed by atoms with Gasteiger partial charge < -0.3 is 14.9 Å². The van der Waals surface area contributed by atoms with Gasteiger partial charge in [-0.1, -0.05) is 0 Å². The zero-order chi connectivity index (χ0) is 13.0. The second-order valence-corrected chi connectivity index (χ2v) is 4.89. The number of hydrogen-bond donors (Lipinski definition) is 1. The second-order valence-electron chi connectivity index (χ2n) is 4.89. The van der Waals surface area contributed by atoms with Crippen LogP contribution in [0, 0.1) is 6.92 Å². The first-order valence-corrected chi connectivity index (χ1v) is 6.86. The van der Waals surface area contributed by atoms with E-state index in [0.29, 0.717) is 12.6 Å². The third-order valence-electron chi connectivity index (χ3n) is 3.63. The fraction of sp³-hybridized carbons (Fsp3) is 0.714. The van der Waals surface area contributed by atoms with Gasteiger partial charge in [-0.3, -0.25) is 4.90 Å². The molecule has 2 N–H and O–H groups in total. The molecule has 1 fully saturated rings. The highest BCUT2D eigenvalue weighted by Gasteiger charge is 2.27. The largest absolute Gasteiger partial charge is 0.465 e. The van der Waals surface area contributed by atoms with Crippen LogP contribution in [0.4, 0.5) is 0 Å². The topological polar surface area (TPSA) is 51.6 Å². The van der Waals surface area contributed by atoms with E-state index in [2.05, 4.69) is 11.8 Å². The van der Waals surface area contributed by atoms with Crippen LogP contribution in [0.3, 0.4) is 0 Å². The van der Waals surface area contributed by atoms with Gasteiger partial charge in [0.15, 0.2) is 0 Å². The molecule has 2 heterocycles. The van der Waals surface area contributed by atoms with Gasteiger partial charge in [-0.15, -0.1) is 0 Å². The summed E-state index contributed by atoms with van der Waals surface area (Å²) in [6.07, 6.45) is 2.59. The normalized spacial score (nSPS) is 20.2. The van der Waals surface area contributed by atoms with Crippen LogP contribution in [0.2, 0.25) is 0 Å². The van der Waals surface area contributed by atoms with E-state index in [4.69, 9.17) is 14.9 Å². The van der Waals surface area contributed by atoms with Crippen molar-refractivity contribution in [1.82, 2.24) is 4.90 Å². The highest BCUT2D eigenvalue weighted by Crippen LogP contribution is 2.26. The van der Waals surface area contributed by atoms with E-state index in [0.717, 1.165) is 44.1 Å². The monoisotopic (exact) mass is 252 g/mol. The molecule has 1 aliphatic rings. The summed E-state index contributed by atoms with van der Waals surface area (Å²) in [5.74, 6) is 1.94. The van der Waals surface area contributed by atoms with Crippen molar-refractivity contribution in [3.63, 3.8) is 0 Å². The zero-order valence-corrected chi connectivity index (χ0v) is 11.4. The first-order valence-electron chi connectivity index (χ1n) is 6.86. The molecule has 1 atom stereocenters. The van der Waals surface area contributed by atoms with Gasteiger partial charge >= 0.3 is 0 Å². The Hall–Kier alpha value is -0.840. The van der Waals surface area contributed by atoms with E-state index < -0.39 is 0 Å². The van der Waals surface area contributed by atoms with Crippen LogP contribution in [0.1, 0.15) is 37.3 Å². The molecule has 1 unspecified atom stereocenters. The van der Waals surface area contributed by atoms with Gasteiger partial charge in [0.05, 0.1) is 12.1 Å². The van der Waals surface area contributed by atoms with Crippen LogP contribution in [0.5, 0.6) is 0 Å². The summed E-state index contributed by atoms with van der Waals surface area (Å²) in [5, 5.41) is 0. The Kier molecular flexibility index (Phi) is 4.80. The van der Waals surface area contributed by atoms with Gasteiger partial charge in [0.1, 0.15) is 11.5 Å². The summed E-state index contributed by atoms with van der Waals surface area (Å²) in [5.41, 5.74) is 5.91. The van der Waals surface area contributed by atoms with Crippen LogP contribution in [0.15, 0.2) is 16.5 Å². The van der Waals surface area contributed by atoms with E-state index in [1.165, 1.54) is 0 Å². The lowest BCUT2D eigenvalue weighted by Crippen LogP contribution is -2.41. The third-order valence-corrected chi connectivity index (χ3v) is 3.63. The van der Waals surface area contributed by atoms with Crippen molar-refractivity contribution in [3.8, 4) is 0 Å². The lowest BCUT2D eigenvalue weighted by Gasteiger charge is -2.36. The number of furan rings is 1. The van der Waals surface area contributed by atoms with Gasteiger partial charge in [0.25, 0.3) is 0 Å². The number of ether oxygens (including phenoxy) is 1. The number of likely N-dealkylation sites (tertiary alicyclic amines) is 1. The van der Waals surface area contributed by atoms with E-state index in [-0.39, 0.29) is 6.04 Å². The van der Waals surface area contributed by atoms with Crippen molar-refractivity contribution in [1.29, 1.82) is 0 Å². The number of rotatable bonds is 5. The zero-order valence-electron chi connectivity index (χ0n) is 11.4. The average Bonchev–Trinajstić information content (AvgIpc) is 2.79. The molecule has 18 heavy (non-hydrogen) atoms. The van der Waals surface area contributed by atoms with Gasteiger partial charge in [-0.05, 0) is 38.8 Å². The second kappa shape index (κ2) is 6.36. The molecular weight excluding hydrogens is 228 g/mol. The van der Waals surface area contributed by atoms with Crippen LogP contribution in [-0.2, 0) is 4.74 Å². The Bertz CT molecular complexity index is 356. The van der Waals surface area contributed by atoms with Crippen molar-refractivity contribution in [3.05, 3.63) is 23.7 Å². The van der Waals surface area contributed by atoms with E-state index in [9.17, 15) is 0 Å². The van der Waals surface area contributed by atoms with E-state index >= 15 is 0 Å². The van der Waals surface area contributed by atoms with Crippen molar-refractivity contribution < 1.29 is 9.15 Å². The molecule has 1 saturated heterocycles. The lowest BCUT2D eigenvalue weighted by molar-refractivity contribution is 0.00217. The lowest BCUT2D eigenvalue weighted by atomic mass is 10.0. The molecule has 0 radical (unpaired) electrons. The molecule has 1 aromatic heterocycles. The van der Waals surface area contributed by atoms with Crippen molar-refractivity contribution in [2.24, 2.45) is 5.73 Å². The quantitative estimate of drug-likeness (QED) is 0.872. The number of aryl methyl sites for hydroxylation is 1. The summed E-state index contributed by atoms with van der Waals surface area (Å²) in [6, 6.07) is 4.26. The smallest absolute Gasteiger partial charge is 0.122 e. The van der Waals surface area contributed by atoms with E-state index in [1.54, 1.807) is 0 Å². The Labute approximate surface area is 109 Å². The molecule has 4 heteroatoms. The van der Waals surface area contributed by atoms with Gasteiger partial charge in [-0.25, -0.2) is 0 Å². The maximum Gasteiger partial charge on any atom is 0.122 e. The maximum atomic E-state index is 5.91. The highest BCUT2D eigenvalue weighted by molar-refractivity contribution is 5.10. The molecule has 0 amide bonds. The minimum Gasteiger partial charge on any atom is -0.465 e. The van der Waals surface area contributed by atoms with Crippen LogP contribution >= 0.6 is 0 Å². The molecule has 0 spiro atoms. The summed E-state index contributed by atoms with van der Waals surface area (Å²) < 4.78 is 11.4. The standard InChI is InChI=1S/C14H24N2O2/c1-3-17-12-6-8-16(9-7-12)13(10-15)14-5-4-11(2)18-14/h4-5,12-13H,3,6-10,15H2,1-2H3. The van der Waals surface area contributed by atoms with Crippen molar-refractivity contribution in [2.75, 3.05) is 26.2 Å². The molecule has 102 valence electrons. The molecule has 4 nitrogen and oxygen atoms in total. The fourth-order valence-corrected chi connectivity index (χ4v) is 2.67. The molecular formula is C14H24N2O2. The third kappa shape index (κ3) is 3.13. The predicted molar refractivity (Wildman–Crippen MR) is 71.5 cm³/mol. The molecule has 0 bridgehead atoms. The molecule has 0 aliphatic carbocycles. The van der Waals surface area contributed by atoms with Crippen molar-refractivity contribution >= 4 is 0 Å². The minimum atomic E-state index is 0.210. The Balaban J connectivity index is 1.94. The van der Waals surface area contributed by atoms with Crippen LogP contribution in [-0.4, -0.2) is 37.2 Å². The number of nitrogens with two attached hydrogens (primary N) is 1. The number of piperidine rings is 1. The van der Waals surface area contributed by atoms with Crippen LogP contribution in [0.25, 0.3) is 0 Å². The van der Waals surface area contributed by atoms with Gasteiger partial charge in [-0.2, -0.15) is 0 Å². The predicted octanol–water partition coefficient (Wildman–Crippen LogP) is 2.09. The highest BCUT2D eigenvalue weighted by atomic mass is 16.5. The van der Waals surface area contributed by atoms with Crippen LogP contribution < -0.4 is 5.73 Å². The van der Waals surface area contributed by atoms with E-state index in [1.807, 2.05) is 19.1 Å². The Morgan fingerprint density at radius 1 is 1.44 bits per heavy atom. The first-order chi connectivity index (χ1) is 8.74. The SMILES string of the molecule is CCOC1CCN(C(CN)c2ccc(C)o2)CC1. The first kappa shape index (κ1) is 13.6. The molecule has 1 aliphatic heterocycles. The van der Waals surface area contributed by atoms with Gasteiger partial charge in [0.2, 0.25) is 0 Å². The Morgan fingerprint density at radius 3 is 2.67 bits per heavy atom. The molecule has 0 aromatic carbocycles. The fourth-order valence-electron chi connectivity index (χ4n) is 2.67. The number of hydrogen-bond acceptors (Lipinski definition) is 4. The summed E-state index contributed by atoms with van der Waals surface area (Å²) in [7, 11) is 0. The summed E-state index contributed by atoms with van der Waals surface area (Å²) in [4.78, 5) is 2.41. The summed E-state index contributed by atoms with van der Waals surface area (Å²) >= 11 is 0. The molecule has 1 aromatic rings.